The lowest BCUT2D eigenvalue weighted by atomic mass is 10.1. The Morgan fingerprint density at radius 1 is 1.03 bits per heavy atom. The minimum atomic E-state index is -0.389. The van der Waals surface area contributed by atoms with Gasteiger partial charge in [-0.05, 0) is 24.6 Å². The van der Waals surface area contributed by atoms with Gasteiger partial charge < -0.3 is 5.32 Å². The van der Waals surface area contributed by atoms with E-state index in [-0.39, 0.29) is 24.3 Å². The van der Waals surface area contributed by atoms with Crippen LogP contribution in [0, 0.1) is 0 Å². The number of hydrogen-bond donors (Lipinski definition) is 1. The monoisotopic (exact) mass is 499 g/mol. The number of benzene rings is 2. The molecule has 0 unspecified atom stereocenters. The lowest BCUT2D eigenvalue weighted by molar-refractivity contribution is -0.122. The van der Waals surface area contributed by atoms with E-state index in [1.54, 1.807) is 53.4 Å². The van der Waals surface area contributed by atoms with E-state index < -0.39 is 0 Å². The van der Waals surface area contributed by atoms with Gasteiger partial charge in [0.15, 0.2) is 0 Å². The maximum atomic E-state index is 13.5. The van der Waals surface area contributed by atoms with Gasteiger partial charge in [-0.1, -0.05) is 85.7 Å². The smallest absolute Gasteiger partial charge is 0.267 e. The third kappa shape index (κ3) is 4.69. The van der Waals surface area contributed by atoms with Gasteiger partial charge in [-0.25, -0.2) is 0 Å². The molecule has 2 aromatic carbocycles. The number of carbonyl (C=O) groups excluding carboxylic acids is 3. The van der Waals surface area contributed by atoms with Gasteiger partial charge >= 0.3 is 0 Å². The zero-order valence-electron chi connectivity index (χ0n) is 18.0. The highest BCUT2D eigenvalue weighted by molar-refractivity contribution is 8.26. The molecule has 0 saturated carbocycles. The largest absolute Gasteiger partial charge is 0.323 e. The van der Waals surface area contributed by atoms with E-state index in [9.17, 15) is 14.4 Å². The quantitative estimate of drug-likeness (QED) is 0.326. The number of halogens is 1. The van der Waals surface area contributed by atoms with Crippen LogP contribution in [0.15, 0.2) is 53.4 Å². The Labute approximate surface area is 207 Å². The number of amides is 3. The maximum absolute atomic E-state index is 13.5. The van der Waals surface area contributed by atoms with Crippen molar-refractivity contribution in [3.63, 3.8) is 0 Å². The van der Waals surface area contributed by atoms with Crippen molar-refractivity contribution < 1.29 is 14.4 Å². The predicted octanol–water partition coefficient (Wildman–Crippen LogP) is 5.09. The number of thiocarbonyl (C=S) groups is 1. The van der Waals surface area contributed by atoms with Crippen LogP contribution in [0.5, 0.6) is 0 Å². The van der Waals surface area contributed by atoms with E-state index >= 15 is 0 Å². The first kappa shape index (κ1) is 23.5. The number of fused-ring (bicyclic) bond motifs is 1. The molecule has 2 aliphatic rings. The summed E-state index contributed by atoms with van der Waals surface area (Å²) in [7, 11) is 0. The SMILES string of the molecule is CCCCCN1C(=O)/C(=C2/C(=O)N(CC(=O)Nc3ccccc3Cl)c3ccccc32)SC1=S. The fourth-order valence-corrected chi connectivity index (χ4v) is 5.38. The molecule has 0 atom stereocenters. The van der Waals surface area contributed by atoms with Crippen molar-refractivity contribution >= 4 is 74.6 Å². The Bertz CT molecular complexity index is 1180. The standard InChI is InChI=1S/C24H22ClN3O3S2/c1-2-3-8-13-27-23(31)21(33-24(27)32)20-15-9-4-7-12-18(15)28(22(20)30)14-19(29)26-17-11-6-5-10-16(17)25/h4-7,9-12H,2-3,8,13-14H2,1H3,(H,26,29)/b21-20-. The number of thioether (sulfide) groups is 1. The van der Waals surface area contributed by atoms with E-state index in [0.29, 0.717) is 43.3 Å². The van der Waals surface area contributed by atoms with Crippen molar-refractivity contribution in [1.29, 1.82) is 0 Å². The van der Waals surface area contributed by atoms with E-state index in [1.165, 1.54) is 4.90 Å². The third-order valence-corrected chi connectivity index (χ3v) is 7.21. The summed E-state index contributed by atoms with van der Waals surface area (Å²) in [5.74, 6) is -1.03. The second kappa shape index (κ2) is 10.1. The lowest BCUT2D eigenvalue weighted by Gasteiger charge is -2.17. The maximum Gasteiger partial charge on any atom is 0.267 e. The van der Waals surface area contributed by atoms with Gasteiger partial charge in [0.2, 0.25) is 5.91 Å². The summed E-state index contributed by atoms with van der Waals surface area (Å²) >= 11 is 12.7. The molecular weight excluding hydrogens is 478 g/mol. The topological polar surface area (TPSA) is 69.7 Å². The predicted molar refractivity (Wildman–Crippen MR) is 137 cm³/mol. The summed E-state index contributed by atoms with van der Waals surface area (Å²) in [6.45, 7) is 2.42. The molecule has 1 saturated heterocycles. The van der Waals surface area contributed by atoms with E-state index in [0.717, 1.165) is 31.0 Å². The number of rotatable bonds is 7. The van der Waals surface area contributed by atoms with Crippen LogP contribution in [0.4, 0.5) is 11.4 Å². The van der Waals surface area contributed by atoms with Crippen LogP contribution < -0.4 is 10.2 Å². The van der Waals surface area contributed by atoms with Crippen LogP contribution in [-0.2, 0) is 14.4 Å². The first-order chi connectivity index (χ1) is 15.9. The van der Waals surface area contributed by atoms with Crippen LogP contribution in [0.2, 0.25) is 5.02 Å². The van der Waals surface area contributed by atoms with Crippen molar-refractivity contribution in [2.24, 2.45) is 0 Å². The molecule has 0 aliphatic carbocycles. The summed E-state index contributed by atoms with van der Waals surface area (Å²) < 4.78 is 0.457. The first-order valence-electron chi connectivity index (χ1n) is 10.7. The van der Waals surface area contributed by atoms with Gasteiger partial charge in [0.1, 0.15) is 10.9 Å². The van der Waals surface area contributed by atoms with Gasteiger partial charge in [-0.15, -0.1) is 0 Å². The average Bonchev–Trinajstić information content (AvgIpc) is 3.23. The molecule has 6 nitrogen and oxygen atoms in total. The highest BCUT2D eigenvalue weighted by atomic mass is 35.5. The molecule has 33 heavy (non-hydrogen) atoms. The van der Waals surface area contributed by atoms with Crippen molar-refractivity contribution in [3.8, 4) is 0 Å². The summed E-state index contributed by atoms with van der Waals surface area (Å²) in [5.41, 5.74) is 1.98. The second-order valence-electron chi connectivity index (χ2n) is 7.67. The Hall–Kier alpha value is -2.68. The minimum absolute atomic E-state index is 0.207. The number of nitrogens with one attached hydrogen (secondary N) is 1. The third-order valence-electron chi connectivity index (χ3n) is 5.43. The summed E-state index contributed by atoms with van der Waals surface area (Å²) in [6.07, 6.45) is 2.89. The summed E-state index contributed by atoms with van der Waals surface area (Å²) in [4.78, 5) is 42.6. The molecule has 2 aromatic rings. The van der Waals surface area contributed by atoms with Crippen LogP contribution >= 0.6 is 35.6 Å². The van der Waals surface area contributed by atoms with Crippen LogP contribution in [0.1, 0.15) is 31.7 Å². The van der Waals surface area contributed by atoms with Crippen molar-refractivity contribution in [2.75, 3.05) is 23.3 Å². The Balaban J connectivity index is 1.61. The van der Waals surface area contributed by atoms with Crippen molar-refractivity contribution in [3.05, 3.63) is 64.0 Å². The first-order valence-corrected chi connectivity index (χ1v) is 12.3. The molecule has 9 heteroatoms. The van der Waals surface area contributed by atoms with E-state index in [2.05, 4.69) is 12.2 Å². The van der Waals surface area contributed by atoms with Crippen LogP contribution in [0.25, 0.3) is 5.57 Å². The summed E-state index contributed by atoms with van der Waals surface area (Å²) in [5, 5.41) is 3.15. The molecular formula is C24H22ClN3O3S2. The molecule has 2 aliphatic heterocycles. The van der Waals surface area contributed by atoms with Gasteiger partial charge in [-0.3, -0.25) is 24.2 Å². The van der Waals surface area contributed by atoms with E-state index in [4.69, 9.17) is 23.8 Å². The van der Waals surface area contributed by atoms with Gasteiger partial charge in [-0.2, -0.15) is 0 Å². The summed E-state index contributed by atoms with van der Waals surface area (Å²) in [6, 6.07) is 14.1. The Kier molecular flexibility index (Phi) is 7.17. The number of unbranched alkanes of at least 4 members (excludes halogenated alkanes) is 2. The average molecular weight is 500 g/mol. The molecule has 4 rings (SSSR count). The zero-order valence-corrected chi connectivity index (χ0v) is 20.4. The Morgan fingerprint density at radius 2 is 1.76 bits per heavy atom. The van der Waals surface area contributed by atoms with Crippen molar-refractivity contribution in [1.82, 2.24) is 4.90 Å². The minimum Gasteiger partial charge on any atom is -0.323 e. The second-order valence-corrected chi connectivity index (χ2v) is 9.72. The van der Waals surface area contributed by atoms with Gasteiger partial charge in [0.25, 0.3) is 11.8 Å². The molecule has 1 fully saturated rings. The number of hydrogen-bond acceptors (Lipinski definition) is 5. The normalized spacial score (nSPS) is 17.7. The van der Waals surface area contributed by atoms with Crippen LogP contribution in [0.3, 0.4) is 0 Å². The van der Waals surface area contributed by atoms with Crippen molar-refractivity contribution in [2.45, 2.75) is 26.2 Å². The zero-order chi connectivity index (χ0) is 23.5. The number of nitrogens with zero attached hydrogens (tertiary/aromatic N) is 2. The number of anilines is 2. The molecule has 0 aromatic heterocycles. The molecule has 3 amide bonds. The fraction of sp³-hybridized carbons (Fsp3) is 0.250. The van der Waals surface area contributed by atoms with Crippen LogP contribution in [-0.4, -0.2) is 40.0 Å². The molecule has 0 radical (unpaired) electrons. The lowest BCUT2D eigenvalue weighted by Crippen LogP contribution is -2.35. The van der Waals surface area contributed by atoms with Gasteiger partial charge in [0.05, 0.1) is 26.9 Å². The highest BCUT2D eigenvalue weighted by Crippen LogP contribution is 2.44. The molecule has 1 N–H and O–H groups in total. The van der Waals surface area contributed by atoms with Gasteiger partial charge in [0, 0.05) is 12.1 Å². The number of para-hydroxylation sites is 2. The fourth-order valence-electron chi connectivity index (χ4n) is 3.81. The molecule has 0 bridgehead atoms. The van der Waals surface area contributed by atoms with E-state index in [1.807, 2.05) is 0 Å². The Morgan fingerprint density at radius 3 is 2.52 bits per heavy atom. The molecule has 2 heterocycles. The molecule has 0 spiro atoms. The number of carbonyl (C=O) groups is 3. The highest BCUT2D eigenvalue weighted by Gasteiger charge is 2.42. The molecule has 170 valence electrons.